The molecule has 184 valence electrons. The van der Waals surface area contributed by atoms with E-state index in [-0.39, 0.29) is 21.5 Å². The molecule has 0 fully saturated rings. The number of aryl methyl sites for hydroxylation is 1. The minimum atomic E-state index is -0.681. The summed E-state index contributed by atoms with van der Waals surface area (Å²) in [7, 11) is 0. The van der Waals surface area contributed by atoms with Gasteiger partial charge in [0, 0.05) is 21.7 Å². The molecular weight excluding hydrogens is 561 g/mol. The van der Waals surface area contributed by atoms with Crippen LogP contribution in [0.3, 0.4) is 0 Å². The molecule has 2 heterocycles. The third kappa shape index (κ3) is 3.93. The van der Waals surface area contributed by atoms with Crippen LogP contribution in [0.4, 0.5) is 10.1 Å². The van der Waals surface area contributed by atoms with Crippen molar-refractivity contribution >= 4 is 44.7 Å². The summed E-state index contributed by atoms with van der Waals surface area (Å²) in [5.74, 6) is -0.895. The number of nitrogens with zero attached hydrogens (tertiary/aromatic N) is 3. The molecule has 1 atom stereocenters. The van der Waals surface area contributed by atoms with E-state index in [0.717, 1.165) is 40.2 Å². The molecule has 0 bridgehead atoms. The van der Waals surface area contributed by atoms with Gasteiger partial charge in [0.25, 0.3) is 5.56 Å². The number of benzene rings is 3. The zero-order valence-electron chi connectivity index (χ0n) is 19.0. The van der Waals surface area contributed by atoms with Gasteiger partial charge >= 0.3 is 5.69 Å². The largest absolute Gasteiger partial charge is 0.502 e. The van der Waals surface area contributed by atoms with E-state index in [9.17, 15) is 24.4 Å². The number of aromatic hydroxyl groups is 1. The Bertz CT molecular complexity index is 1830. The predicted octanol–water partition coefficient (Wildman–Crippen LogP) is 4.83. The van der Waals surface area contributed by atoms with Gasteiger partial charge in [-0.2, -0.15) is 0 Å². The van der Waals surface area contributed by atoms with Crippen molar-refractivity contribution in [1.29, 1.82) is 0 Å². The number of allylic oxidation sites excluding steroid dienone is 1. The first-order valence-electron chi connectivity index (χ1n) is 11.4. The van der Waals surface area contributed by atoms with Crippen LogP contribution < -0.4 is 14.9 Å². The van der Waals surface area contributed by atoms with Crippen LogP contribution in [0.2, 0.25) is 0 Å². The summed E-state index contributed by atoms with van der Waals surface area (Å²) in [4.78, 5) is 29.8. The van der Waals surface area contributed by atoms with Crippen LogP contribution in [-0.2, 0) is 6.42 Å². The predicted molar refractivity (Wildman–Crippen MR) is 142 cm³/mol. The lowest BCUT2D eigenvalue weighted by Gasteiger charge is -2.30. The fraction of sp³-hybridized carbons (Fsp3) is 0.111. The fourth-order valence-corrected chi connectivity index (χ4v) is 6.42. The summed E-state index contributed by atoms with van der Waals surface area (Å²) in [6.45, 7) is 0. The van der Waals surface area contributed by atoms with Crippen molar-refractivity contribution in [3.8, 4) is 5.75 Å². The smallest absolute Gasteiger partial charge is 0.312 e. The van der Waals surface area contributed by atoms with Crippen molar-refractivity contribution in [2.75, 3.05) is 0 Å². The van der Waals surface area contributed by atoms with Crippen molar-refractivity contribution in [1.82, 2.24) is 4.57 Å². The fourth-order valence-electron chi connectivity index (χ4n) is 4.96. The quantitative estimate of drug-likeness (QED) is 0.278. The Morgan fingerprint density at radius 3 is 2.68 bits per heavy atom. The van der Waals surface area contributed by atoms with Gasteiger partial charge in [-0.25, -0.2) is 9.38 Å². The van der Waals surface area contributed by atoms with E-state index in [1.807, 2.05) is 18.2 Å². The van der Waals surface area contributed by atoms with Crippen LogP contribution in [0, 0.1) is 15.9 Å². The molecular formula is C27H17BrFN3O4S. The van der Waals surface area contributed by atoms with Gasteiger partial charge in [-0.1, -0.05) is 63.7 Å². The van der Waals surface area contributed by atoms with Crippen molar-refractivity contribution in [3.05, 3.63) is 129 Å². The molecule has 0 unspecified atom stereocenters. The second-order valence-corrected chi connectivity index (χ2v) is 10.7. The first-order chi connectivity index (χ1) is 17.8. The zero-order valence-corrected chi connectivity index (χ0v) is 21.4. The van der Waals surface area contributed by atoms with Crippen molar-refractivity contribution < 1.29 is 14.4 Å². The standard InChI is InChI=1S/C27H17BrFN3O4S/c28-17-11-16(25(33)21(13-17)32(35)36)12-22-26(34)31-24(15-5-8-18(29)9-6-15)20-10-7-14-3-1-2-4-19(14)23(20)30-27(31)37-22/h1-6,8-9,11-13,24,33H,7,10H2/b22-12+/t24-/m0/s1. The van der Waals surface area contributed by atoms with Crippen LogP contribution in [0.5, 0.6) is 5.75 Å². The molecule has 1 aliphatic carbocycles. The molecule has 3 aromatic carbocycles. The van der Waals surface area contributed by atoms with Crippen molar-refractivity contribution in [2.24, 2.45) is 4.99 Å². The summed E-state index contributed by atoms with van der Waals surface area (Å²) in [5.41, 5.74) is 4.06. The Labute approximate surface area is 221 Å². The lowest BCUT2D eigenvalue weighted by atomic mass is 9.83. The van der Waals surface area contributed by atoms with E-state index in [1.165, 1.54) is 35.9 Å². The molecule has 0 radical (unpaired) electrons. The number of nitro benzene ring substituents is 1. The van der Waals surface area contributed by atoms with E-state index in [4.69, 9.17) is 4.99 Å². The van der Waals surface area contributed by atoms with Crippen LogP contribution in [-0.4, -0.2) is 14.6 Å². The second kappa shape index (κ2) is 8.89. The zero-order chi connectivity index (χ0) is 25.8. The van der Waals surface area contributed by atoms with Gasteiger partial charge in [-0.15, -0.1) is 0 Å². The second-order valence-electron chi connectivity index (χ2n) is 8.79. The highest BCUT2D eigenvalue weighted by molar-refractivity contribution is 9.10. The van der Waals surface area contributed by atoms with Crippen LogP contribution in [0.25, 0.3) is 11.8 Å². The van der Waals surface area contributed by atoms with Gasteiger partial charge < -0.3 is 5.11 Å². The number of rotatable bonds is 3. The van der Waals surface area contributed by atoms with E-state index in [0.29, 0.717) is 15.7 Å². The highest BCUT2D eigenvalue weighted by Gasteiger charge is 2.32. The average molecular weight is 578 g/mol. The van der Waals surface area contributed by atoms with Gasteiger partial charge in [0.1, 0.15) is 5.82 Å². The Balaban J connectivity index is 1.62. The van der Waals surface area contributed by atoms with E-state index in [1.54, 1.807) is 16.7 Å². The molecule has 1 aliphatic heterocycles. The molecule has 37 heavy (non-hydrogen) atoms. The van der Waals surface area contributed by atoms with E-state index < -0.39 is 22.4 Å². The number of hydrogen-bond acceptors (Lipinski definition) is 6. The molecule has 6 rings (SSSR count). The Kier molecular flexibility index (Phi) is 5.65. The molecule has 2 aliphatic rings. The first-order valence-corrected chi connectivity index (χ1v) is 13.0. The van der Waals surface area contributed by atoms with Gasteiger partial charge in [-0.05, 0) is 53.8 Å². The highest BCUT2D eigenvalue weighted by Crippen LogP contribution is 2.41. The topological polar surface area (TPSA) is 97.7 Å². The maximum absolute atomic E-state index is 13.8. The number of phenolic OH excluding ortho intramolecular Hbond substituents is 1. The van der Waals surface area contributed by atoms with Crippen molar-refractivity contribution in [3.63, 3.8) is 0 Å². The van der Waals surface area contributed by atoms with E-state index >= 15 is 0 Å². The molecule has 7 nitrogen and oxygen atoms in total. The minimum absolute atomic E-state index is 0.138. The summed E-state index contributed by atoms with van der Waals surface area (Å²) >= 11 is 4.38. The molecule has 0 saturated heterocycles. The lowest BCUT2D eigenvalue weighted by molar-refractivity contribution is -0.385. The van der Waals surface area contributed by atoms with Crippen LogP contribution in [0.1, 0.15) is 34.7 Å². The van der Waals surface area contributed by atoms with Gasteiger partial charge in [0.05, 0.1) is 21.2 Å². The number of halogens is 2. The third-order valence-corrected chi connectivity index (χ3v) is 8.07. The number of phenols is 1. The lowest BCUT2D eigenvalue weighted by Crippen LogP contribution is -2.38. The summed E-state index contributed by atoms with van der Waals surface area (Å²) in [6.07, 6.45) is 2.93. The summed E-state index contributed by atoms with van der Waals surface area (Å²) in [6, 6.07) is 16.4. The average Bonchev–Trinajstić information content (AvgIpc) is 3.19. The number of aromatic nitrogens is 1. The number of hydrogen-bond donors (Lipinski definition) is 1. The number of fused-ring (bicyclic) bond motifs is 3. The maximum atomic E-state index is 13.8. The van der Waals surface area contributed by atoms with Crippen LogP contribution >= 0.6 is 27.3 Å². The molecule has 0 saturated carbocycles. The molecule has 0 amide bonds. The van der Waals surface area contributed by atoms with Gasteiger partial charge in [0.2, 0.25) is 5.75 Å². The highest BCUT2D eigenvalue weighted by atomic mass is 79.9. The van der Waals surface area contributed by atoms with Gasteiger partial charge in [0.15, 0.2) is 4.80 Å². The first kappa shape index (κ1) is 23.5. The third-order valence-electron chi connectivity index (χ3n) is 6.63. The SMILES string of the molecule is O=c1/c(=C\c2cc(Br)cc([N+](=O)[O-])c2O)sc2n1[C@@H](c1ccc(F)cc1)C1=C(N=2)c2ccccc2CC1. The van der Waals surface area contributed by atoms with Crippen LogP contribution in [0.15, 0.2) is 80.5 Å². The van der Waals surface area contributed by atoms with E-state index in [2.05, 4.69) is 22.0 Å². The van der Waals surface area contributed by atoms with Crippen molar-refractivity contribution in [2.45, 2.75) is 18.9 Å². The number of nitro groups is 1. The summed E-state index contributed by atoms with van der Waals surface area (Å²) in [5, 5.41) is 21.9. The summed E-state index contributed by atoms with van der Waals surface area (Å²) < 4.78 is 16.0. The Morgan fingerprint density at radius 1 is 1.16 bits per heavy atom. The molecule has 1 aromatic heterocycles. The maximum Gasteiger partial charge on any atom is 0.312 e. The Morgan fingerprint density at radius 2 is 1.92 bits per heavy atom. The Hall–Kier alpha value is -3.89. The normalized spacial score (nSPS) is 16.6. The molecule has 10 heteroatoms. The molecule has 0 spiro atoms. The number of thiazole rings is 1. The monoisotopic (exact) mass is 577 g/mol. The molecule has 1 N–H and O–H groups in total. The van der Waals surface area contributed by atoms with Gasteiger partial charge in [-0.3, -0.25) is 19.5 Å². The minimum Gasteiger partial charge on any atom is -0.502 e. The molecule has 4 aromatic rings.